The van der Waals surface area contributed by atoms with Crippen LogP contribution < -0.4 is 10.1 Å². The molecule has 0 radical (unpaired) electrons. The van der Waals surface area contributed by atoms with Crippen LogP contribution in [0, 0.1) is 0 Å². The summed E-state index contributed by atoms with van der Waals surface area (Å²) in [7, 11) is 0. The zero-order valence-electron chi connectivity index (χ0n) is 16.0. The minimum atomic E-state index is -0.646. The van der Waals surface area contributed by atoms with E-state index in [0.717, 1.165) is 21.3 Å². The maximum absolute atomic E-state index is 12.4. The van der Waals surface area contributed by atoms with Crippen molar-refractivity contribution >= 4 is 21.8 Å². The predicted molar refractivity (Wildman–Crippen MR) is 110 cm³/mol. The van der Waals surface area contributed by atoms with E-state index < -0.39 is 6.10 Å². The Balaban J connectivity index is 1.59. The lowest BCUT2D eigenvalue weighted by atomic mass is 10.0. The summed E-state index contributed by atoms with van der Waals surface area (Å²) < 4.78 is 12.0. The molecule has 146 valence electrons. The second kappa shape index (κ2) is 9.01. The van der Waals surface area contributed by atoms with Gasteiger partial charge in [-0.25, -0.2) is 0 Å². The Bertz CT molecular complexity index is 955. The number of ether oxygens (including phenoxy) is 1. The first-order valence-corrected chi connectivity index (χ1v) is 9.85. The van der Waals surface area contributed by atoms with Crippen molar-refractivity contribution in [3.63, 3.8) is 0 Å². The summed E-state index contributed by atoms with van der Waals surface area (Å²) in [4.78, 5) is 16.7. The number of para-hydroxylation sites is 1. The van der Waals surface area contributed by atoms with E-state index in [1.54, 1.807) is 6.92 Å². The molecule has 1 aromatic heterocycles. The molecule has 1 heterocycles. The van der Waals surface area contributed by atoms with Gasteiger partial charge in [-0.15, -0.1) is 0 Å². The number of hydrogen-bond acceptors (Lipinski definition) is 5. The maximum Gasteiger partial charge on any atom is 0.261 e. The number of rotatable bonds is 7. The number of nitrogens with one attached hydrogen (secondary N) is 1. The highest BCUT2D eigenvalue weighted by Gasteiger charge is 2.18. The lowest BCUT2D eigenvalue weighted by molar-refractivity contribution is -0.127. The highest BCUT2D eigenvalue weighted by atomic mass is 79.9. The molecule has 28 heavy (non-hydrogen) atoms. The Labute approximate surface area is 172 Å². The molecule has 0 aliphatic rings. The number of carbonyl (C=O) groups excluding carboxylic acids is 1. The number of halogens is 1. The van der Waals surface area contributed by atoms with Gasteiger partial charge in [0.2, 0.25) is 11.7 Å². The molecule has 0 saturated heterocycles. The number of hydrogen-bond donors (Lipinski definition) is 1. The van der Waals surface area contributed by atoms with E-state index in [4.69, 9.17) is 9.26 Å². The van der Waals surface area contributed by atoms with E-state index in [2.05, 4.69) is 45.2 Å². The monoisotopic (exact) mass is 443 g/mol. The van der Waals surface area contributed by atoms with Crippen LogP contribution in [0.4, 0.5) is 0 Å². The van der Waals surface area contributed by atoms with Crippen molar-refractivity contribution in [3.8, 4) is 17.1 Å². The molecule has 0 unspecified atom stereocenters. The first kappa shape index (κ1) is 20.1. The summed E-state index contributed by atoms with van der Waals surface area (Å²) in [5, 5.41) is 6.73. The van der Waals surface area contributed by atoms with Gasteiger partial charge in [-0.2, -0.15) is 4.98 Å². The van der Waals surface area contributed by atoms with Crippen LogP contribution in [-0.2, 0) is 11.3 Å². The maximum atomic E-state index is 12.4. The molecule has 0 aliphatic heterocycles. The minimum Gasteiger partial charge on any atom is -0.481 e. The van der Waals surface area contributed by atoms with Gasteiger partial charge in [-0.1, -0.05) is 65.3 Å². The molecular weight excluding hydrogens is 422 g/mol. The molecule has 6 nitrogen and oxygen atoms in total. The standard InChI is InChI=1S/C21H22BrN3O3/c1-13(2)17-9-4-5-10-18(17)27-14(3)21(26)23-12-19-24-20(25-28-19)15-7-6-8-16(22)11-15/h4-11,13-14H,12H2,1-3H3,(H,23,26)/t14-/m0/s1. The minimum absolute atomic E-state index is 0.138. The smallest absolute Gasteiger partial charge is 0.261 e. The average molecular weight is 444 g/mol. The van der Waals surface area contributed by atoms with Gasteiger partial charge in [0.1, 0.15) is 5.75 Å². The van der Waals surface area contributed by atoms with E-state index in [-0.39, 0.29) is 12.5 Å². The molecule has 0 spiro atoms. The van der Waals surface area contributed by atoms with Gasteiger partial charge in [0.25, 0.3) is 5.91 Å². The van der Waals surface area contributed by atoms with Crippen molar-refractivity contribution in [1.82, 2.24) is 15.5 Å². The second-order valence-corrected chi connectivity index (χ2v) is 7.61. The highest BCUT2D eigenvalue weighted by molar-refractivity contribution is 9.10. The average Bonchev–Trinajstić information content (AvgIpc) is 3.15. The molecule has 2 aromatic carbocycles. The molecule has 0 saturated carbocycles. The van der Waals surface area contributed by atoms with Gasteiger partial charge in [-0.3, -0.25) is 4.79 Å². The van der Waals surface area contributed by atoms with Crippen LogP contribution in [0.2, 0.25) is 0 Å². The number of amides is 1. The van der Waals surface area contributed by atoms with Crippen LogP contribution in [0.1, 0.15) is 38.1 Å². The summed E-state index contributed by atoms with van der Waals surface area (Å²) in [5.74, 6) is 1.58. The first-order chi connectivity index (χ1) is 13.4. The summed E-state index contributed by atoms with van der Waals surface area (Å²) in [6.07, 6.45) is -0.646. The molecule has 1 N–H and O–H groups in total. The topological polar surface area (TPSA) is 77.2 Å². The number of carbonyl (C=O) groups is 1. The Morgan fingerprint density at radius 2 is 1.96 bits per heavy atom. The number of aromatic nitrogens is 2. The van der Waals surface area contributed by atoms with Crippen LogP contribution >= 0.6 is 15.9 Å². The Hall–Kier alpha value is -2.67. The molecule has 0 aliphatic carbocycles. The predicted octanol–water partition coefficient (Wildman–Crippen LogP) is 4.71. The molecule has 1 atom stereocenters. The number of nitrogens with zero attached hydrogens (tertiary/aromatic N) is 2. The molecular formula is C21H22BrN3O3. The molecule has 3 aromatic rings. The van der Waals surface area contributed by atoms with Gasteiger partial charge in [-0.05, 0) is 36.6 Å². The Morgan fingerprint density at radius 3 is 2.71 bits per heavy atom. The third kappa shape index (κ3) is 4.98. The number of benzene rings is 2. The Morgan fingerprint density at radius 1 is 1.18 bits per heavy atom. The summed E-state index contributed by atoms with van der Waals surface area (Å²) in [6, 6.07) is 15.3. The molecule has 1 amide bonds. The normalized spacial score (nSPS) is 12.0. The zero-order valence-corrected chi connectivity index (χ0v) is 17.6. The van der Waals surface area contributed by atoms with Crippen LogP contribution in [0.15, 0.2) is 57.5 Å². The van der Waals surface area contributed by atoms with Crippen LogP contribution in [-0.4, -0.2) is 22.2 Å². The second-order valence-electron chi connectivity index (χ2n) is 6.69. The summed E-state index contributed by atoms with van der Waals surface area (Å²) in [6.45, 7) is 6.03. The van der Waals surface area contributed by atoms with Crippen LogP contribution in [0.25, 0.3) is 11.4 Å². The third-order valence-electron chi connectivity index (χ3n) is 4.18. The van der Waals surface area contributed by atoms with Crippen LogP contribution in [0.5, 0.6) is 5.75 Å². The lowest BCUT2D eigenvalue weighted by Gasteiger charge is -2.18. The van der Waals surface area contributed by atoms with Gasteiger partial charge < -0.3 is 14.6 Å². The summed E-state index contributed by atoms with van der Waals surface area (Å²) >= 11 is 3.42. The van der Waals surface area contributed by atoms with E-state index in [1.807, 2.05) is 48.5 Å². The lowest BCUT2D eigenvalue weighted by Crippen LogP contribution is -2.36. The fourth-order valence-electron chi connectivity index (χ4n) is 2.69. The van der Waals surface area contributed by atoms with Gasteiger partial charge in [0.15, 0.2) is 6.10 Å². The quantitative estimate of drug-likeness (QED) is 0.572. The van der Waals surface area contributed by atoms with Crippen molar-refractivity contribution in [3.05, 3.63) is 64.5 Å². The summed E-state index contributed by atoms with van der Waals surface area (Å²) in [5.41, 5.74) is 1.90. The third-order valence-corrected chi connectivity index (χ3v) is 4.67. The van der Waals surface area contributed by atoms with Crippen molar-refractivity contribution in [2.45, 2.75) is 39.3 Å². The van der Waals surface area contributed by atoms with E-state index >= 15 is 0 Å². The van der Waals surface area contributed by atoms with Crippen molar-refractivity contribution in [1.29, 1.82) is 0 Å². The fourth-order valence-corrected chi connectivity index (χ4v) is 3.09. The van der Waals surface area contributed by atoms with E-state index in [1.165, 1.54) is 0 Å². The van der Waals surface area contributed by atoms with Gasteiger partial charge in [0.05, 0.1) is 6.54 Å². The molecule has 7 heteroatoms. The van der Waals surface area contributed by atoms with Gasteiger partial charge in [0, 0.05) is 10.0 Å². The van der Waals surface area contributed by atoms with E-state index in [0.29, 0.717) is 17.6 Å². The van der Waals surface area contributed by atoms with Crippen LogP contribution in [0.3, 0.4) is 0 Å². The first-order valence-electron chi connectivity index (χ1n) is 9.06. The fraction of sp³-hybridized carbons (Fsp3) is 0.286. The Kier molecular flexibility index (Phi) is 6.46. The van der Waals surface area contributed by atoms with Crippen molar-refractivity contribution in [2.24, 2.45) is 0 Å². The van der Waals surface area contributed by atoms with Crippen molar-refractivity contribution < 1.29 is 14.1 Å². The van der Waals surface area contributed by atoms with E-state index in [9.17, 15) is 4.79 Å². The van der Waals surface area contributed by atoms with Crippen molar-refractivity contribution in [2.75, 3.05) is 0 Å². The molecule has 0 bridgehead atoms. The molecule has 0 fully saturated rings. The zero-order chi connectivity index (χ0) is 20.1. The SMILES string of the molecule is CC(C)c1ccccc1O[C@@H](C)C(=O)NCc1nc(-c2cccc(Br)c2)no1. The highest BCUT2D eigenvalue weighted by Crippen LogP contribution is 2.26. The van der Waals surface area contributed by atoms with Gasteiger partial charge >= 0.3 is 0 Å². The largest absolute Gasteiger partial charge is 0.481 e. The molecule has 3 rings (SSSR count).